The fourth-order valence-corrected chi connectivity index (χ4v) is 6.32. The highest BCUT2D eigenvalue weighted by Crippen LogP contribution is 2.44. The predicted octanol–water partition coefficient (Wildman–Crippen LogP) is 2.47. The average molecular weight is 591 g/mol. The molecule has 0 bridgehead atoms. The molecule has 0 radical (unpaired) electrons. The Kier molecular flexibility index (Phi) is 8.02. The number of halogens is 2. The molecule has 204 valence electrons. The molecule has 0 saturated carbocycles. The number of aliphatic hydroxyl groups is 1. The highest BCUT2D eigenvalue weighted by Gasteiger charge is 2.52. The van der Waals surface area contributed by atoms with Crippen LogP contribution in [-0.2, 0) is 31.6 Å². The Morgan fingerprint density at radius 3 is 2.44 bits per heavy atom. The SMILES string of the molecule is C[C@H](NS(=O)(=O)c1cnc2n1[C@](C)(Cc1ccc(C#N)cc1)C(=O)N2c1cc(Cl)cc(Cl)c1)C(=O)NCCO. The van der Waals surface area contributed by atoms with Crippen molar-refractivity contribution in [2.24, 2.45) is 0 Å². The third kappa shape index (κ3) is 5.50. The molecule has 2 atom stereocenters. The Balaban J connectivity index is 1.83. The summed E-state index contributed by atoms with van der Waals surface area (Å²) in [5, 5.41) is 20.7. The zero-order valence-corrected chi connectivity index (χ0v) is 23.2. The van der Waals surface area contributed by atoms with Crippen molar-refractivity contribution in [2.45, 2.75) is 36.9 Å². The molecule has 14 heteroatoms. The topological polar surface area (TPSA) is 157 Å². The van der Waals surface area contributed by atoms with Crippen molar-refractivity contribution >= 4 is 56.7 Å². The van der Waals surface area contributed by atoms with Gasteiger partial charge >= 0.3 is 0 Å². The summed E-state index contributed by atoms with van der Waals surface area (Å²) >= 11 is 12.4. The smallest absolute Gasteiger partial charge is 0.260 e. The number of fused-ring (bicyclic) bond motifs is 1. The molecule has 3 N–H and O–H groups in total. The lowest BCUT2D eigenvalue weighted by Crippen LogP contribution is -2.47. The fourth-order valence-electron chi connectivity index (χ4n) is 4.39. The number of hydrogen-bond donors (Lipinski definition) is 3. The van der Waals surface area contributed by atoms with Crippen molar-refractivity contribution in [1.82, 2.24) is 19.6 Å². The highest BCUT2D eigenvalue weighted by atomic mass is 35.5. The Hall–Kier alpha value is -3.47. The number of benzene rings is 2. The number of amides is 2. The van der Waals surface area contributed by atoms with Gasteiger partial charge in [0.05, 0.1) is 36.2 Å². The van der Waals surface area contributed by atoms with Crippen LogP contribution in [0.5, 0.6) is 0 Å². The van der Waals surface area contributed by atoms with Gasteiger partial charge in [0.15, 0.2) is 5.03 Å². The van der Waals surface area contributed by atoms with Crippen molar-refractivity contribution < 1.29 is 23.1 Å². The summed E-state index contributed by atoms with van der Waals surface area (Å²) in [4.78, 5) is 31.9. The molecule has 1 aliphatic heterocycles. The van der Waals surface area contributed by atoms with E-state index in [0.717, 1.165) is 6.20 Å². The first-order chi connectivity index (χ1) is 18.4. The van der Waals surface area contributed by atoms with E-state index in [1.807, 2.05) is 6.07 Å². The maximum atomic E-state index is 14.0. The zero-order chi connectivity index (χ0) is 28.5. The molecular weight excluding hydrogens is 567 g/mol. The van der Waals surface area contributed by atoms with E-state index in [9.17, 15) is 18.0 Å². The van der Waals surface area contributed by atoms with Crippen LogP contribution in [0.3, 0.4) is 0 Å². The largest absolute Gasteiger partial charge is 0.395 e. The fraction of sp³-hybridized carbons (Fsp3) is 0.280. The van der Waals surface area contributed by atoms with Crippen molar-refractivity contribution in [3.8, 4) is 6.07 Å². The number of hydrogen-bond acceptors (Lipinski definition) is 7. The molecule has 3 aromatic rings. The summed E-state index contributed by atoms with van der Waals surface area (Å²) in [5.74, 6) is -1.11. The third-order valence-electron chi connectivity index (χ3n) is 6.22. The first kappa shape index (κ1) is 28.5. The summed E-state index contributed by atoms with van der Waals surface area (Å²) in [6.45, 7) is 2.59. The number of aromatic nitrogens is 2. The van der Waals surface area contributed by atoms with Crippen LogP contribution in [-0.4, -0.2) is 54.1 Å². The standard InChI is InChI=1S/C25H24Cl2N6O5S/c1-15(22(35)29-7-8-34)31-39(37,38)21-14-30-24-32(20-10-18(26)9-19(27)11-20)23(36)25(2,33(21)24)12-16-3-5-17(13-28)6-4-16/h3-6,9-11,14-15,31,34H,7-8,12H2,1-2H3,(H,29,35)/t15-,25+/m0/s1. The van der Waals surface area contributed by atoms with Gasteiger partial charge in [-0.25, -0.2) is 18.3 Å². The van der Waals surface area contributed by atoms with Crippen LogP contribution >= 0.6 is 23.2 Å². The van der Waals surface area contributed by atoms with Crippen LogP contribution in [0.1, 0.15) is 25.0 Å². The molecule has 2 heterocycles. The van der Waals surface area contributed by atoms with Crippen LogP contribution < -0.4 is 14.9 Å². The Morgan fingerprint density at radius 2 is 1.85 bits per heavy atom. The number of rotatable bonds is 9. The summed E-state index contributed by atoms with van der Waals surface area (Å²) in [6.07, 6.45) is 1.17. The summed E-state index contributed by atoms with van der Waals surface area (Å²) in [7, 11) is -4.38. The van der Waals surface area contributed by atoms with E-state index in [-0.39, 0.29) is 40.6 Å². The summed E-state index contributed by atoms with van der Waals surface area (Å²) < 4.78 is 30.6. The maximum Gasteiger partial charge on any atom is 0.260 e. The van der Waals surface area contributed by atoms with Crippen molar-refractivity contribution in [1.29, 1.82) is 5.26 Å². The van der Waals surface area contributed by atoms with E-state index < -0.39 is 33.4 Å². The summed E-state index contributed by atoms with van der Waals surface area (Å²) in [6, 6.07) is 12.0. The van der Waals surface area contributed by atoms with Gasteiger partial charge in [0.25, 0.3) is 15.9 Å². The number of nitrogens with zero attached hydrogens (tertiary/aromatic N) is 4. The van der Waals surface area contributed by atoms with Gasteiger partial charge in [-0.3, -0.25) is 14.2 Å². The van der Waals surface area contributed by atoms with Crippen LogP contribution in [0.15, 0.2) is 53.7 Å². The van der Waals surface area contributed by atoms with Crippen molar-refractivity contribution in [3.05, 3.63) is 69.8 Å². The number of nitriles is 1. The van der Waals surface area contributed by atoms with Gasteiger partial charge in [-0.2, -0.15) is 9.98 Å². The Labute approximate surface area is 235 Å². The van der Waals surface area contributed by atoms with Crippen molar-refractivity contribution in [2.75, 3.05) is 18.1 Å². The molecule has 2 amide bonds. The third-order valence-corrected chi connectivity index (χ3v) is 8.16. The molecule has 1 aromatic heterocycles. The number of aliphatic hydroxyl groups excluding tert-OH is 1. The average Bonchev–Trinajstić information content (AvgIpc) is 3.40. The van der Waals surface area contributed by atoms with Crippen molar-refractivity contribution in [3.63, 3.8) is 0 Å². The number of carbonyl (C=O) groups is 2. The molecule has 0 saturated heterocycles. The second-order valence-electron chi connectivity index (χ2n) is 9.12. The number of carbonyl (C=O) groups excluding carboxylic acids is 2. The minimum absolute atomic E-state index is 0.0206. The molecule has 0 unspecified atom stereocenters. The predicted molar refractivity (Wildman–Crippen MR) is 144 cm³/mol. The quantitative estimate of drug-likeness (QED) is 0.345. The molecule has 0 spiro atoms. The second kappa shape index (κ2) is 11.0. The Morgan fingerprint density at radius 1 is 1.21 bits per heavy atom. The van der Waals surface area contributed by atoms with Gasteiger partial charge in [-0.1, -0.05) is 35.3 Å². The second-order valence-corrected chi connectivity index (χ2v) is 11.7. The summed E-state index contributed by atoms with van der Waals surface area (Å²) in [5.41, 5.74) is -0.0902. The van der Waals surface area contributed by atoms with Gasteiger partial charge in [0, 0.05) is 23.0 Å². The molecule has 0 fully saturated rings. The van der Waals surface area contributed by atoms with Gasteiger partial charge in [0.2, 0.25) is 11.9 Å². The molecule has 2 aromatic carbocycles. The van der Waals surface area contributed by atoms with E-state index in [2.05, 4.69) is 15.0 Å². The molecule has 39 heavy (non-hydrogen) atoms. The maximum absolute atomic E-state index is 14.0. The lowest BCUT2D eigenvalue weighted by molar-refractivity contribution is -0.124. The van der Waals surface area contributed by atoms with E-state index in [1.165, 1.54) is 34.6 Å². The van der Waals surface area contributed by atoms with E-state index in [0.29, 0.717) is 16.8 Å². The van der Waals surface area contributed by atoms with Crippen LogP contribution in [0, 0.1) is 11.3 Å². The zero-order valence-electron chi connectivity index (χ0n) is 20.9. The lowest BCUT2D eigenvalue weighted by atomic mass is 9.91. The van der Waals surface area contributed by atoms with E-state index >= 15 is 0 Å². The van der Waals surface area contributed by atoms with Crippen LogP contribution in [0.4, 0.5) is 11.6 Å². The first-order valence-electron chi connectivity index (χ1n) is 11.7. The highest BCUT2D eigenvalue weighted by molar-refractivity contribution is 7.89. The minimum Gasteiger partial charge on any atom is -0.395 e. The van der Waals surface area contributed by atoms with E-state index in [4.69, 9.17) is 33.6 Å². The molecule has 11 nitrogen and oxygen atoms in total. The number of anilines is 2. The molecular formula is C25H24Cl2N6O5S. The number of sulfonamides is 1. The number of nitrogens with one attached hydrogen (secondary N) is 2. The minimum atomic E-state index is -4.38. The molecule has 1 aliphatic rings. The molecule has 4 rings (SSSR count). The van der Waals surface area contributed by atoms with Gasteiger partial charge in [-0.15, -0.1) is 0 Å². The van der Waals surface area contributed by atoms with E-state index in [1.54, 1.807) is 31.2 Å². The van der Waals surface area contributed by atoms with Gasteiger partial charge < -0.3 is 10.4 Å². The van der Waals surface area contributed by atoms with Gasteiger partial charge in [0.1, 0.15) is 5.54 Å². The Bertz CT molecular complexity index is 1560. The molecule has 0 aliphatic carbocycles. The van der Waals surface area contributed by atoms with Gasteiger partial charge in [-0.05, 0) is 49.7 Å². The monoisotopic (exact) mass is 590 g/mol. The lowest BCUT2D eigenvalue weighted by Gasteiger charge is -2.27. The van der Waals surface area contributed by atoms with Crippen LogP contribution in [0.25, 0.3) is 0 Å². The normalized spacial score (nSPS) is 17.5. The first-order valence-corrected chi connectivity index (χ1v) is 13.9. The number of imidazole rings is 1. The van der Waals surface area contributed by atoms with Crippen LogP contribution in [0.2, 0.25) is 10.0 Å².